The lowest BCUT2D eigenvalue weighted by atomic mass is 9.96. The number of ether oxygens (including phenoxy) is 1. The molecule has 0 amide bonds. The summed E-state index contributed by atoms with van der Waals surface area (Å²) in [7, 11) is 0. The van der Waals surface area contributed by atoms with E-state index in [0.717, 1.165) is 25.9 Å². The molecule has 0 aliphatic carbocycles. The molecule has 28 heavy (non-hydrogen) atoms. The highest BCUT2D eigenvalue weighted by atomic mass is 16.5. The summed E-state index contributed by atoms with van der Waals surface area (Å²) in [6, 6.07) is 0.896. The van der Waals surface area contributed by atoms with E-state index in [4.69, 9.17) is 9.84 Å². The van der Waals surface area contributed by atoms with E-state index >= 15 is 0 Å². The minimum atomic E-state index is -0.892. The molecule has 3 N–H and O–H groups in total. The van der Waals surface area contributed by atoms with E-state index < -0.39 is 12.2 Å². The zero-order valence-electron chi connectivity index (χ0n) is 18.3. The van der Waals surface area contributed by atoms with E-state index in [9.17, 15) is 10.2 Å². The molecule has 1 heterocycles. The van der Waals surface area contributed by atoms with Crippen molar-refractivity contribution in [1.82, 2.24) is 9.80 Å². The number of piperidine rings is 1. The third kappa shape index (κ3) is 11.8. The van der Waals surface area contributed by atoms with Gasteiger partial charge in [0, 0.05) is 24.5 Å². The van der Waals surface area contributed by atoms with Gasteiger partial charge < -0.3 is 25.0 Å². The standard InChI is InChI=1S/C20H38N2O4.C2H4/c1-16(2)21-10-7-18(8-11-21)6-5-9-22(17(3)4)12-19(24)14-26-15-20(25)13-23;1-2/h16-20,23-25H,7-15H2,1-4H3;1-2H2. The van der Waals surface area contributed by atoms with E-state index in [1.165, 1.54) is 0 Å². The Hall–Kier alpha value is -0.940. The smallest absolute Gasteiger partial charge is 0.100 e. The predicted octanol–water partition coefficient (Wildman–Crippen LogP) is 1.35. The first kappa shape index (κ1) is 27.1. The Morgan fingerprint density at radius 2 is 1.64 bits per heavy atom. The van der Waals surface area contributed by atoms with Gasteiger partial charge >= 0.3 is 0 Å². The molecule has 0 aromatic rings. The maximum absolute atomic E-state index is 10.1. The quantitative estimate of drug-likeness (QED) is 0.381. The van der Waals surface area contributed by atoms with E-state index in [-0.39, 0.29) is 25.9 Å². The van der Waals surface area contributed by atoms with Crippen LogP contribution in [0.5, 0.6) is 0 Å². The molecule has 1 fully saturated rings. The van der Waals surface area contributed by atoms with Crippen molar-refractivity contribution < 1.29 is 20.1 Å². The predicted molar refractivity (Wildman–Crippen MR) is 115 cm³/mol. The highest BCUT2D eigenvalue weighted by Crippen LogP contribution is 2.17. The van der Waals surface area contributed by atoms with Gasteiger partial charge in [-0.25, -0.2) is 0 Å². The number of rotatable bonds is 10. The summed E-state index contributed by atoms with van der Waals surface area (Å²) in [4.78, 5) is 4.63. The number of aliphatic hydroxyl groups excluding tert-OH is 3. The molecule has 0 aromatic heterocycles. The van der Waals surface area contributed by atoms with Gasteiger partial charge in [0.15, 0.2) is 0 Å². The molecule has 2 unspecified atom stereocenters. The van der Waals surface area contributed by atoms with Gasteiger partial charge in [-0.2, -0.15) is 0 Å². The maximum Gasteiger partial charge on any atom is 0.100 e. The monoisotopic (exact) mass is 398 g/mol. The summed E-state index contributed by atoms with van der Waals surface area (Å²) in [5, 5.41) is 28.1. The first-order chi connectivity index (χ1) is 13.3. The van der Waals surface area contributed by atoms with E-state index in [1.807, 2.05) is 0 Å². The highest BCUT2D eigenvalue weighted by Gasteiger charge is 2.19. The Morgan fingerprint density at radius 1 is 1.07 bits per heavy atom. The van der Waals surface area contributed by atoms with Gasteiger partial charge in [-0.3, -0.25) is 4.90 Å². The second-order valence-electron chi connectivity index (χ2n) is 7.78. The molecule has 164 valence electrons. The van der Waals surface area contributed by atoms with Crippen molar-refractivity contribution in [2.75, 3.05) is 46.0 Å². The Labute approximate surface area is 172 Å². The second kappa shape index (κ2) is 15.9. The molecule has 2 atom stereocenters. The summed E-state index contributed by atoms with van der Waals surface area (Å²) in [5.41, 5.74) is 0. The van der Waals surface area contributed by atoms with Crippen molar-refractivity contribution in [2.24, 2.45) is 5.92 Å². The third-order valence-corrected chi connectivity index (χ3v) is 4.85. The molecule has 0 bridgehead atoms. The largest absolute Gasteiger partial charge is 0.394 e. The number of hydrogen-bond donors (Lipinski definition) is 3. The summed E-state index contributed by atoms with van der Waals surface area (Å²) >= 11 is 0. The van der Waals surface area contributed by atoms with Gasteiger partial charge in [0.2, 0.25) is 0 Å². The van der Waals surface area contributed by atoms with E-state index in [0.29, 0.717) is 25.0 Å². The molecule has 1 rings (SSSR count). The van der Waals surface area contributed by atoms with Crippen LogP contribution in [0.15, 0.2) is 13.2 Å². The summed E-state index contributed by atoms with van der Waals surface area (Å²) in [5.74, 6) is 7.19. The number of hydrogen-bond acceptors (Lipinski definition) is 6. The highest BCUT2D eigenvalue weighted by molar-refractivity contribution is 5.07. The molecule has 1 saturated heterocycles. The van der Waals surface area contributed by atoms with Crippen molar-refractivity contribution in [3.05, 3.63) is 13.2 Å². The molecule has 0 spiro atoms. The van der Waals surface area contributed by atoms with Gasteiger partial charge in [-0.1, -0.05) is 11.8 Å². The summed E-state index contributed by atoms with van der Waals surface area (Å²) in [6.45, 7) is 17.9. The Kier molecular flexibility index (Phi) is 15.4. The third-order valence-electron chi connectivity index (χ3n) is 4.85. The molecule has 0 aromatic carbocycles. The Bertz CT molecular complexity index is 440. The number of aliphatic hydroxyl groups is 3. The van der Waals surface area contributed by atoms with Crippen molar-refractivity contribution >= 4 is 0 Å². The average Bonchev–Trinajstić information content (AvgIpc) is 2.68. The molecule has 6 heteroatoms. The average molecular weight is 399 g/mol. The fourth-order valence-electron chi connectivity index (χ4n) is 3.03. The molecular weight excluding hydrogens is 356 g/mol. The molecule has 6 nitrogen and oxygen atoms in total. The van der Waals surface area contributed by atoms with Crippen LogP contribution in [-0.2, 0) is 4.74 Å². The number of nitrogens with zero attached hydrogens (tertiary/aromatic N) is 2. The second-order valence-corrected chi connectivity index (χ2v) is 7.78. The van der Waals surface area contributed by atoms with Crippen LogP contribution < -0.4 is 0 Å². The first-order valence-electron chi connectivity index (χ1n) is 10.3. The van der Waals surface area contributed by atoms with Gasteiger partial charge in [-0.15, -0.1) is 13.2 Å². The van der Waals surface area contributed by atoms with Gasteiger partial charge in [0.05, 0.1) is 32.5 Å². The van der Waals surface area contributed by atoms with Gasteiger partial charge in [-0.05, 0) is 53.6 Å². The zero-order valence-corrected chi connectivity index (χ0v) is 18.3. The zero-order chi connectivity index (χ0) is 21.5. The SMILES string of the molecule is C=C.CC(C)N1CCC(C#CCN(CC(O)COCC(O)CO)C(C)C)CC1. The van der Waals surface area contributed by atoms with Gasteiger partial charge in [0.1, 0.15) is 6.10 Å². The van der Waals surface area contributed by atoms with Crippen molar-refractivity contribution in [2.45, 2.75) is 64.8 Å². The maximum atomic E-state index is 10.1. The van der Waals surface area contributed by atoms with Crippen molar-refractivity contribution in [3.63, 3.8) is 0 Å². The minimum absolute atomic E-state index is 0.0319. The van der Waals surface area contributed by atoms with E-state index in [1.54, 1.807) is 0 Å². The topological polar surface area (TPSA) is 76.4 Å². The fraction of sp³-hybridized carbons (Fsp3) is 0.818. The van der Waals surface area contributed by atoms with Crippen LogP contribution in [0.4, 0.5) is 0 Å². The lowest BCUT2D eigenvalue weighted by Gasteiger charge is -2.32. The van der Waals surface area contributed by atoms with Crippen molar-refractivity contribution in [3.8, 4) is 11.8 Å². The summed E-state index contributed by atoms with van der Waals surface area (Å²) < 4.78 is 5.23. The van der Waals surface area contributed by atoms with Crippen molar-refractivity contribution in [1.29, 1.82) is 0 Å². The van der Waals surface area contributed by atoms with Crippen LogP contribution in [-0.4, -0.2) is 95.4 Å². The summed E-state index contributed by atoms with van der Waals surface area (Å²) in [6.07, 6.45) is 0.739. The number of likely N-dealkylation sites (tertiary alicyclic amines) is 1. The lowest BCUT2D eigenvalue weighted by molar-refractivity contribution is -0.0323. The molecule has 1 aliphatic heterocycles. The van der Waals surface area contributed by atoms with Gasteiger partial charge in [0.25, 0.3) is 0 Å². The van der Waals surface area contributed by atoms with E-state index in [2.05, 4.69) is 62.5 Å². The lowest BCUT2D eigenvalue weighted by Crippen LogP contribution is -2.40. The van der Waals surface area contributed by atoms with Crippen LogP contribution in [0.3, 0.4) is 0 Å². The van der Waals surface area contributed by atoms with Crippen LogP contribution in [0.2, 0.25) is 0 Å². The van der Waals surface area contributed by atoms with Crippen LogP contribution in [0, 0.1) is 17.8 Å². The fourth-order valence-corrected chi connectivity index (χ4v) is 3.03. The normalized spacial score (nSPS) is 17.8. The Balaban J connectivity index is 0.00000352. The molecule has 0 saturated carbocycles. The molecule has 0 radical (unpaired) electrons. The van der Waals surface area contributed by atoms with Crippen LogP contribution in [0.1, 0.15) is 40.5 Å². The molecular formula is C22H42N2O4. The Morgan fingerprint density at radius 3 is 2.14 bits per heavy atom. The molecule has 1 aliphatic rings. The van der Waals surface area contributed by atoms with Crippen LogP contribution >= 0.6 is 0 Å². The minimum Gasteiger partial charge on any atom is -0.394 e. The first-order valence-corrected chi connectivity index (χ1v) is 10.3. The van der Waals surface area contributed by atoms with Crippen LogP contribution in [0.25, 0.3) is 0 Å².